The molecule has 1 rings (SSSR count). The molecule has 1 aromatic carbocycles. The van der Waals surface area contributed by atoms with Gasteiger partial charge in [0.05, 0.1) is 5.56 Å². The average Bonchev–Trinajstić information content (AvgIpc) is 2.12. The molecule has 1 aromatic rings. The van der Waals surface area contributed by atoms with Crippen molar-refractivity contribution in [3.8, 4) is 0 Å². The van der Waals surface area contributed by atoms with Crippen molar-refractivity contribution in [2.75, 3.05) is 0 Å². The van der Waals surface area contributed by atoms with Gasteiger partial charge >= 0.3 is 12.4 Å². The van der Waals surface area contributed by atoms with Gasteiger partial charge < -0.3 is 0 Å². The fourth-order valence-electron chi connectivity index (χ4n) is 1.25. The molecular weight excluding hydrogens is 277 g/mol. The topological polar surface area (TPSA) is 0 Å². The molecule has 0 unspecified atom stereocenters. The molecule has 0 radical (unpaired) electrons. The van der Waals surface area contributed by atoms with Crippen molar-refractivity contribution < 1.29 is 30.7 Å². The molecule has 0 atom stereocenters. The van der Waals surface area contributed by atoms with Crippen LogP contribution in [0, 0.1) is 5.82 Å². The van der Waals surface area contributed by atoms with Gasteiger partial charge in [-0.15, -0.1) is 11.6 Å². The Balaban J connectivity index is 3.58. The number of rotatable bonds is 1. The van der Waals surface area contributed by atoms with Gasteiger partial charge in [-0.3, -0.25) is 0 Å². The Morgan fingerprint density at radius 3 is 1.82 bits per heavy atom. The molecule has 0 saturated carbocycles. The molecule has 17 heavy (non-hydrogen) atoms. The van der Waals surface area contributed by atoms with E-state index in [9.17, 15) is 30.7 Å². The zero-order valence-corrected chi connectivity index (χ0v) is 8.64. The van der Waals surface area contributed by atoms with E-state index in [1.165, 1.54) is 0 Å². The first-order valence-electron chi connectivity index (χ1n) is 4.10. The molecule has 0 saturated heterocycles. The molecule has 0 aliphatic rings. The Labute approximate surface area is 96.0 Å². The molecule has 0 aliphatic carbocycles. The fraction of sp³-hybridized carbons (Fsp3) is 0.333. The Kier molecular flexibility index (Phi) is 3.61. The number of benzene rings is 1. The lowest BCUT2D eigenvalue weighted by atomic mass is 10.0. The summed E-state index contributed by atoms with van der Waals surface area (Å²) in [4.78, 5) is 0. The van der Waals surface area contributed by atoms with Crippen molar-refractivity contribution in [2.45, 2.75) is 18.2 Å². The van der Waals surface area contributed by atoms with E-state index < -0.39 is 35.2 Å². The predicted molar refractivity (Wildman–Crippen MR) is 46.0 cm³/mol. The first-order chi connectivity index (χ1) is 7.57. The van der Waals surface area contributed by atoms with Crippen LogP contribution in [-0.4, -0.2) is 0 Å². The van der Waals surface area contributed by atoms with Crippen LogP contribution >= 0.6 is 11.6 Å². The maximum absolute atomic E-state index is 13.0. The largest absolute Gasteiger partial charge is 0.419 e. The average molecular weight is 281 g/mol. The highest BCUT2D eigenvalue weighted by molar-refractivity contribution is 6.17. The van der Waals surface area contributed by atoms with Crippen LogP contribution in [0.3, 0.4) is 0 Å². The number of halogens is 8. The first-order valence-corrected chi connectivity index (χ1v) is 4.63. The summed E-state index contributed by atoms with van der Waals surface area (Å²) in [6, 6.07) is 0.532. The van der Waals surface area contributed by atoms with Gasteiger partial charge in [0.25, 0.3) is 0 Å². The lowest BCUT2D eigenvalue weighted by Crippen LogP contribution is -2.19. The Bertz CT molecular complexity index is 419. The summed E-state index contributed by atoms with van der Waals surface area (Å²) < 4.78 is 87.0. The molecular formula is C9H4ClF7. The van der Waals surface area contributed by atoms with Gasteiger partial charge in [-0.05, 0) is 17.7 Å². The van der Waals surface area contributed by atoms with E-state index in [0.717, 1.165) is 0 Å². The lowest BCUT2D eigenvalue weighted by molar-refractivity contribution is -0.163. The van der Waals surface area contributed by atoms with E-state index in [2.05, 4.69) is 0 Å². The van der Waals surface area contributed by atoms with E-state index in [0.29, 0.717) is 6.07 Å². The van der Waals surface area contributed by atoms with Crippen LogP contribution in [0.1, 0.15) is 16.7 Å². The summed E-state index contributed by atoms with van der Waals surface area (Å²) in [5.74, 6) is -2.50. The Morgan fingerprint density at radius 2 is 1.47 bits per heavy atom. The smallest absolute Gasteiger partial charge is 0.206 e. The van der Waals surface area contributed by atoms with E-state index in [1.807, 2.05) is 0 Å². The summed E-state index contributed by atoms with van der Waals surface area (Å²) in [6.07, 6.45) is -10.7. The number of hydrogen-bond donors (Lipinski definition) is 0. The molecule has 0 spiro atoms. The monoisotopic (exact) mass is 280 g/mol. The van der Waals surface area contributed by atoms with Crippen molar-refractivity contribution in [2.24, 2.45) is 0 Å². The van der Waals surface area contributed by atoms with E-state index >= 15 is 0 Å². The minimum atomic E-state index is -5.42. The fourth-order valence-corrected chi connectivity index (χ4v) is 1.41. The molecule has 0 aromatic heterocycles. The van der Waals surface area contributed by atoms with Crippen molar-refractivity contribution in [3.63, 3.8) is 0 Å². The van der Waals surface area contributed by atoms with E-state index in [1.54, 1.807) is 0 Å². The van der Waals surface area contributed by atoms with Crippen LogP contribution in [0.15, 0.2) is 12.1 Å². The van der Waals surface area contributed by atoms with Gasteiger partial charge in [0.15, 0.2) is 0 Å². The molecule has 0 amide bonds. The molecule has 0 nitrogen and oxygen atoms in total. The van der Waals surface area contributed by atoms with Crippen LogP contribution in [0.4, 0.5) is 30.7 Å². The van der Waals surface area contributed by atoms with Crippen LogP contribution in [0.5, 0.6) is 0 Å². The van der Waals surface area contributed by atoms with Gasteiger partial charge in [-0.1, -0.05) is 0 Å². The third-order valence-electron chi connectivity index (χ3n) is 1.89. The molecule has 8 heteroatoms. The van der Waals surface area contributed by atoms with E-state index in [4.69, 9.17) is 11.6 Å². The Morgan fingerprint density at radius 1 is 0.941 bits per heavy atom. The Hall–Kier alpha value is -0.980. The van der Waals surface area contributed by atoms with Crippen molar-refractivity contribution in [1.82, 2.24) is 0 Å². The van der Waals surface area contributed by atoms with Crippen LogP contribution in [0.25, 0.3) is 0 Å². The van der Waals surface area contributed by atoms with Gasteiger partial charge in [-0.25, -0.2) is 4.39 Å². The second-order valence-corrected chi connectivity index (χ2v) is 3.40. The lowest BCUT2D eigenvalue weighted by Gasteiger charge is -2.17. The third kappa shape index (κ3) is 3.02. The summed E-state index contributed by atoms with van der Waals surface area (Å²) in [5, 5.41) is 0. The van der Waals surface area contributed by atoms with E-state index in [-0.39, 0.29) is 11.6 Å². The van der Waals surface area contributed by atoms with Crippen LogP contribution in [-0.2, 0) is 18.2 Å². The van der Waals surface area contributed by atoms with Crippen LogP contribution in [0.2, 0.25) is 0 Å². The first kappa shape index (κ1) is 14.1. The van der Waals surface area contributed by atoms with Crippen LogP contribution < -0.4 is 0 Å². The highest BCUT2D eigenvalue weighted by Crippen LogP contribution is 2.42. The number of hydrogen-bond acceptors (Lipinski definition) is 0. The highest BCUT2D eigenvalue weighted by atomic mass is 35.5. The maximum atomic E-state index is 13.0. The predicted octanol–water partition coefficient (Wildman–Crippen LogP) is 4.60. The van der Waals surface area contributed by atoms with Gasteiger partial charge in [-0.2, -0.15) is 26.3 Å². The molecule has 96 valence electrons. The van der Waals surface area contributed by atoms with Crippen molar-refractivity contribution in [1.29, 1.82) is 0 Å². The van der Waals surface area contributed by atoms with Gasteiger partial charge in [0.1, 0.15) is 11.4 Å². The zero-order chi connectivity index (χ0) is 13.4. The summed E-state index contributed by atoms with van der Waals surface area (Å²) >= 11 is 5.17. The quantitative estimate of drug-likeness (QED) is 0.521. The zero-order valence-electron chi connectivity index (χ0n) is 7.89. The molecule has 0 bridgehead atoms. The molecule has 0 fully saturated rings. The number of alkyl halides is 7. The molecule has 0 heterocycles. The third-order valence-corrected chi connectivity index (χ3v) is 2.20. The van der Waals surface area contributed by atoms with Gasteiger partial charge in [0, 0.05) is 5.88 Å². The minimum absolute atomic E-state index is 0.193. The maximum Gasteiger partial charge on any atom is 0.419 e. The minimum Gasteiger partial charge on any atom is -0.206 e. The SMILES string of the molecule is Fc1cc(CCl)cc(C(F)(F)F)c1C(F)(F)F. The summed E-state index contributed by atoms with van der Waals surface area (Å²) in [6.45, 7) is 0. The molecule has 0 aliphatic heterocycles. The van der Waals surface area contributed by atoms with Gasteiger partial charge in [0.2, 0.25) is 0 Å². The normalized spacial score (nSPS) is 12.9. The standard InChI is InChI=1S/C9H4ClF7/c10-3-4-1-5(8(12,13)14)7(6(11)2-4)9(15,16)17/h1-2H,3H2. The second kappa shape index (κ2) is 4.36. The second-order valence-electron chi connectivity index (χ2n) is 3.13. The highest BCUT2D eigenvalue weighted by Gasteiger charge is 2.45. The summed E-state index contributed by atoms with van der Waals surface area (Å²) in [5.41, 5.74) is -4.76. The molecule has 0 N–H and O–H groups in total. The van der Waals surface area contributed by atoms with Crippen molar-refractivity contribution in [3.05, 3.63) is 34.6 Å². The summed E-state index contributed by atoms with van der Waals surface area (Å²) in [7, 11) is 0. The van der Waals surface area contributed by atoms with Crippen molar-refractivity contribution >= 4 is 11.6 Å².